The van der Waals surface area contributed by atoms with E-state index in [1.807, 2.05) is 47.2 Å². The van der Waals surface area contributed by atoms with Crippen LogP contribution in [0.1, 0.15) is 30.4 Å². The van der Waals surface area contributed by atoms with Crippen molar-refractivity contribution in [2.75, 3.05) is 6.54 Å². The topological polar surface area (TPSA) is 49.3 Å². The maximum Gasteiger partial charge on any atom is 0.221 e. The highest BCUT2D eigenvalue weighted by Crippen LogP contribution is 2.23. The Balaban J connectivity index is 1.91. The first-order chi connectivity index (χ1) is 10.5. The largest absolute Gasteiger partial charge is 0.384 e. The molecular weight excluding hydrogens is 294 g/mol. The molecule has 4 heteroatoms. The number of rotatable bonds is 7. The lowest BCUT2D eigenvalue weighted by molar-refractivity contribution is -0.122. The van der Waals surface area contributed by atoms with Crippen LogP contribution in [0.4, 0.5) is 0 Å². The van der Waals surface area contributed by atoms with Gasteiger partial charge in [0, 0.05) is 12.3 Å². The summed E-state index contributed by atoms with van der Waals surface area (Å²) in [4.78, 5) is 12.1. The molecule has 2 rings (SSSR count). The van der Waals surface area contributed by atoms with Gasteiger partial charge in [-0.25, -0.2) is 0 Å². The zero-order chi connectivity index (χ0) is 16.0. The number of hydrogen-bond acceptors (Lipinski definition) is 3. The molecule has 0 aliphatic carbocycles. The predicted octanol–water partition coefficient (Wildman–Crippen LogP) is 3.43. The van der Waals surface area contributed by atoms with Crippen LogP contribution < -0.4 is 5.32 Å². The van der Waals surface area contributed by atoms with Crippen LogP contribution in [-0.4, -0.2) is 17.6 Å². The van der Waals surface area contributed by atoms with E-state index in [2.05, 4.69) is 11.9 Å². The summed E-state index contributed by atoms with van der Waals surface area (Å²) in [6.45, 7) is 5.71. The molecule has 3 nitrogen and oxygen atoms in total. The molecule has 0 aliphatic heterocycles. The molecule has 2 unspecified atom stereocenters. The molecule has 1 heterocycles. The normalized spacial score (nSPS) is 14.8. The van der Waals surface area contributed by atoms with Gasteiger partial charge >= 0.3 is 0 Å². The molecule has 0 saturated carbocycles. The van der Waals surface area contributed by atoms with Crippen LogP contribution in [0, 0.1) is 0 Å². The highest BCUT2D eigenvalue weighted by molar-refractivity contribution is 7.08. The molecule has 2 atom stereocenters. The van der Waals surface area contributed by atoms with Crippen LogP contribution in [0.2, 0.25) is 0 Å². The third kappa shape index (κ3) is 4.29. The van der Waals surface area contributed by atoms with Crippen molar-refractivity contribution in [2.45, 2.75) is 24.9 Å². The Bertz CT molecular complexity index is 605. The van der Waals surface area contributed by atoms with E-state index in [4.69, 9.17) is 0 Å². The van der Waals surface area contributed by atoms with Crippen molar-refractivity contribution in [1.29, 1.82) is 0 Å². The molecule has 0 fully saturated rings. The van der Waals surface area contributed by atoms with E-state index in [1.165, 1.54) is 11.3 Å². The molecular formula is C18H21NO2S. The minimum atomic E-state index is -1.05. The monoisotopic (exact) mass is 315 g/mol. The Morgan fingerprint density at radius 2 is 2.14 bits per heavy atom. The smallest absolute Gasteiger partial charge is 0.221 e. The molecule has 22 heavy (non-hydrogen) atoms. The minimum Gasteiger partial charge on any atom is -0.384 e. The molecule has 0 saturated heterocycles. The Kier molecular flexibility index (Phi) is 5.52. The van der Waals surface area contributed by atoms with Gasteiger partial charge in [0.25, 0.3) is 0 Å². The number of thiophene rings is 1. The molecule has 2 N–H and O–H groups in total. The number of benzene rings is 1. The summed E-state index contributed by atoms with van der Waals surface area (Å²) in [6, 6.07) is 11.7. The minimum absolute atomic E-state index is 0.0210. The van der Waals surface area contributed by atoms with Crippen LogP contribution in [0.3, 0.4) is 0 Å². The first kappa shape index (κ1) is 16.5. The standard InChI is InChI=1S/C18H21NO2S/c1-3-14(15-7-5-4-6-8-15)11-17(20)19-13-18(2,21)16-9-10-22-12-16/h3-10,12,14,21H,1,11,13H2,2H3,(H,19,20). The van der Waals surface area contributed by atoms with Gasteiger partial charge in [-0.15, -0.1) is 6.58 Å². The van der Waals surface area contributed by atoms with Gasteiger partial charge in [0.15, 0.2) is 0 Å². The van der Waals surface area contributed by atoms with Crippen LogP contribution in [0.5, 0.6) is 0 Å². The molecule has 2 aromatic rings. The number of carbonyl (C=O) groups excluding carboxylic acids is 1. The highest BCUT2D eigenvalue weighted by atomic mass is 32.1. The van der Waals surface area contributed by atoms with Gasteiger partial charge in [-0.05, 0) is 34.9 Å². The fourth-order valence-electron chi connectivity index (χ4n) is 2.25. The third-order valence-electron chi connectivity index (χ3n) is 3.69. The van der Waals surface area contributed by atoms with Crippen molar-refractivity contribution in [3.63, 3.8) is 0 Å². The lowest BCUT2D eigenvalue weighted by Crippen LogP contribution is -2.38. The molecule has 0 radical (unpaired) electrons. The Morgan fingerprint density at radius 1 is 1.41 bits per heavy atom. The summed E-state index contributed by atoms with van der Waals surface area (Å²) in [6.07, 6.45) is 2.11. The third-order valence-corrected chi connectivity index (χ3v) is 4.37. The predicted molar refractivity (Wildman–Crippen MR) is 90.9 cm³/mol. The highest BCUT2D eigenvalue weighted by Gasteiger charge is 2.24. The second-order valence-electron chi connectivity index (χ2n) is 5.52. The van der Waals surface area contributed by atoms with Crippen LogP contribution in [0.15, 0.2) is 59.8 Å². The Morgan fingerprint density at radius 3 is 2.73 bits per heavy atom. The number of carbonyl (C=O) groups is 1. The summed E-state index contributed by atoms with van der Waals surface area (Å²) >= 11 is 1.53. The molecule has 0 spiro atoms. The summed E-state index contributed by atoms with van der Waals surface area (Å²) in [5.41, 5.74) is 0.838. The Labute approximate surface area is 135 Å². The summed E-state index contributed by atoms with van der Waals surface area (Å²) in [5, 5.41) is 17.0. The first-order valence-corrected chi connectivity index (χ1v) is 8.16. The van der Waals surface area contributed by atoms with Gasteiger partial charge in [-0.1, -0.05) is 36.4 Å². The van der Waals surface area contributed by atoms with E-state index in [-0.39, 0.29) is 18.4 Å². The lowest BCUT2D eigenvalue weighted by Gasteiger charge is -2.23. The van der Waals surface area contributed by atoms with E-state index < -0.39 is 5.60 Å². The number of hydrogen-bond donors (Lipinski definition) is 2. The molecule has 1 amide bonds. The van der Waals surface area contributed by atoms with Gasteiger partial charge in [-0.3, -0.25) is 4.79 Å². The summed E-state index contributed by atoms with van der Waals surface area (Å²) in [5.74, 6) is -0.114. The van der Waals surface area contributed by atoms with E-state index >= 15 is 0 Å². The number of allylic oxidation sites excluding steroid dienone is 1. The van der Waals surface area contributed by atoms with Crippen molar-refractivity contribution in [2.24, 2.45) is 0 Å². The van der Waals surface area contributed by atoms with Gasteiger partial charge in [0.2, 0.25) is 5.91 Å². The first-order valence-electron chi connectivity index (χ1n) is 7.22. The fourth-order valence-corrected chi connectivity index (χ4v) is 3.04. The van der Waals surface area contributed by atoms with Crippen molar-refractivity contribution in [3.05, 3.63) is 70.9 Å². The number of nitrogens with one attached hydrogen (secondary N) is 1. The maximum absolute atomic E-state index is 12.1. The molecule has 1 aromatic carbocycles. The lowest BCUT2D eigenvalue weighted by atomic mass is 9.95. The average molecular weight is 315 g/mol. The molecule has 0 bridgehead atoms. The second kappa shape index (κ2) is 7.38. The molecule has 116 valence electrons. The number of amides is 1. The average Bonchev–Trinajstić information content (AvgIpc) is 3.07. The zero-order valence-electron chi connectivity index (χ0n) is 12.7. The van der Waals surface area contributed by atoms with Crippen molar-refractivity contribution in [3.8, 4) is 0 Å². The van der Waals surface area contributed by atoms with Crippen molar-refractivity contribution >= 4 is 17.2 Å². The van der Waals surface area contributed by atoms with Crippen molar-refractivity contribution < 1.29 is 9.90 Å². The van der Waals surface area contributed by atoms with Crippen molar-refractivity contribution in [1.82, 2.24) is 5.32 Å². The quantitative estimate of drug-likeness (QED) is 0.769. The van der Waals surface area contributed by atoms with Gasteiger partial charge in [0.05, 0.1) is 6.54 Å². The summed E-state index contributed by atoms with van der Waals surface area (Å²) in [7, 11) is 0. The maximum atomic E-state index is 12.1. The summed E-state index contributed by atoms with van der Waals surface area (Å²) < 4.78 is 0. The zero-order valence-corrected chi connectivity index (χ0v) is 13.5. The van der Waals surface area contributed by atoms with Crippen LogP contribution in [0.25, 0.3) is 0 Å². The Hall–Kier alpha value is -1.91. The molecule has 0 aliphatic rings. The van der Waals surface area contributed by atoms with Gasteiger partial charge < -0.3 is 10.4 Å². The second-order valence-corrected chi connectivity index (χ2v) is 6.30. The fraction of sp³-hybridized carbons (Fsp3) is 0.278. The number of aliphatic hydroxyl groups is 1. The van der Waals surface area contributed by atoms with Gasteiger partial charge in [-0.2, -0.15) is 11.3 Å². The van der Waals surface area contributed by atoms with E-state index in [9.17, 15) is 9.90 Å². The van der Waals surface area contributed by atoms with Crippen LogP contribution in [-0.2, 0) is 10.4 Å². The van der Waals surface area contributed by atoms with E-state index in [0.717, 1.165) is 11.1 Å². The van der Waals surface area contributed by atoms with E-state index in [0.29, 0.717) is 6.42 Å². The van der Waals surface area contributed by atoms with E-state index in [1.54, 1.807) is 13.0 Å². The molecule has 1 aromatic heterocycles. The SMILES string of the molecule is C=CC(CC(=O)NCC(C)(O)c1ccsc1)c1ccccc1. The van der Waals surface area contributed by atoms with Gasteiger partial charge in [0.1, 0.15) is 5.60 Å². The van der Waals surface area contributed by atoms with Crippen LogP contribution >= 0.6 is 11.3 Å².